The molecule has 2 aromatic carbocycles. The van der Waals surface area contributed by atoms with Crippen LogP contribution in [0.25, 0.3) is 11.8 Å². The highest BCUT2D eigenvalue weighted by Crippen LogP contribution is 2.29. The number of carbonyl (C=O) groups is 1. The van der Waals surface area contributed by atoms with E-state index in [1.807, 2.05) is 77.5 Å². The number of thioether (sulfide) groups is 1. The number of aromatic nitrogens is 1. The van der Waals surface area contributed by atoms with Crippen molar-refractivity contribution in [1.82, 2.24) is 9.88 Å². The van der Waals surface area contributed by atoms with E-state index >= 15 is 0 Å². The predicted octanol–water partition coefficient (Wildman–Crippen LogP) is 5.14. The van der Waals surface area contributed by atoms with Crippen LogP contribution in [0.4, 0.5) is 5.69 Å². The van der Waals surface area contributed by atoms with Crippen LogP contribution in [0.3, 0.4) is 0 Å². The van der Waals surface area contributed by atoms with Crippen LogP contribution in [0.1, 0.15) is 5.69 Å². The Morgan fingerprint density at radius 3 is 2.57 bits per heavy atom. The fourth-order valence-electron chi connectivity index (χ4n) is 2.74. The van der Waals surface area contributed by atoms with E-state index in [1.54, 1.807) is 7.11 Å². The number of halogens is 1. The smallest absolute Gasteiger partial charge is 0.264 e. The lowest BCUT2D eigenvalue weighted by molar-refractivity contribution is -0.115. The highest BCUT2D eigenvalue weighted by atomic mass is 79.9. The molecule has 0 radical (unpaired) electrons. The number of nitrogens with zero attached hydrogens (tertiary/aromatic N) is 2. The maximum absolute atomic E-state index is 12.4. The summed E-state index contributed by atoms with van der Waals surface area (Å²) < 4.78 is 8.20. The molecule has 0 unspecified atom stereocenters. The number of hydrogen-bond acceptors (Lipinski definition) is 4. The Morgan fingerprint density at radius 2 is 1.86 bits per heavy atom. The zero-order valence-corrected chi connectivity index (χ0v) is 17.3. The first kappa shape index (κ1) is 18.6. The van der Waals surface area contributed by atoms with Gasteiger partial charge in [-0.3, -0.25) is 4.79 Å². The number of ether oxygens (including phenoxy) is 1. The third-order valence-corrected chi connectivity index (χ3v) is 5.56. The van der Waals surface area contributed by atoms with E-state index in [1.165, 1.54) is 11.8 Å². The molecule has 28 heavy (non-hydrogen) atoms. The van der Waals surface area contributed by atoms with Gasteiger partial charge in [-0.05, 0) is 78.5 Å². The van der Waals surface area contributed by atoms with Crippen LogP contribution in [-0.2, 0) is 4.79 Å². The molecule has 1 fully saturated rings. The minimum Gasteiger partial charge on any atom is -0.497 e. The number of rotatable bonds is 4. The molecule has 5 nitrogen and oxygen atoms in total. The van der Waals surface area contributed by atoms with Crippen LogP contribution >= 0.6 is 27.7 Å². The van der Waals surface area contributed by atoms with Crippen molar-refractivity contribution in [2.45, 2.75) is 0 Å². The van der Waals surface area contributed by atoms with Crippen molar-refractivity contribution in [3.05, 3.63) is 81.9 Å². The van der Waals surface area contributed by atoms with Gasteiger partial charge >= 0.3 is 0 Å². The summed E-state index contributed by atoms with van der Waals surface area (Å²) in [6.45, 7) is 0. The van der Waals surface area contributed by atoms with Crippen molar-refractivity contribution < 1.29 is 9.53 Å². The second-order valence-corrected chi connectivity index (χ2v) is 7.91. The largest absolute Gasteiger partial charge is 0.497 e. The summed E-state index contributed by atoms with van der Waals surface area (Å²) in [6, 6.07) is 19.3. The number of aliphatic imine (C=N–C) groups is 1. The van der Waals surface area contributed by atoms with Crippen molar-refractivity contribution >= 4 is 50.5 Å². The maximum atomic E-state index is 12.4. The van der Waals surface area contributed by atoms with Crippen molar-refractivity contribution in [3.63, 3.8) is 0 Å². The van der Waals surface area contributed by atoms with Crippen molar-refractivity contribution in [1.29, 1.82) is 0 Å². The van der Waals surface area contributed by atoms with E-state index < -0.39 is 0 Å². The second-order valence-electron chi connectivity index (χ2n) is 5.96. The van der Waals surface area contributed by atoms with Gasteiger partial charge in [0.15, 0.2) is 5.17 Å². The van der Waals surface area contributed by atoms with E-state index in [2.05, 4.69) is 26.2 Å². The van der Waals surface area contributed by atoms with E-state index in [0.29, 0.717) is 10.1 Å². The third-order valence-electron chi connectivity index (χ3n) is 4.12. The molecule has 1 saturated heterocycles. The molecule has 7 heteroatoms. The number of benzene rings is 2. The SMILES string of the molecule is COc1ccc(N=C2NC(=O)/C(=C/c3cccn3-c3ccc(Br)cc3)S2)cc1. The van der Waals surface area contributed by atoms with Gasteiger partial charge in [-0.1, -0.05) is 15.9 Å². The van der Waals surface area contributed by atoms with Crippen LogP contribution in [0.2, 0.25) is 0 Å². The normalized spacial score (nSPS) is 16.6. The predicted molar refractivity (Wildman–Crippen MR) is 117 cm³/mol. The summed E-state index contributed by atoms with van der Waals surface area (Å²) in [5.74, 6) is 0.613. The van der Waals surface area contributed by atoms with Crippen molar-refractivity contribution in [2.75, 3.05) is 7.11 Å². The van der Waals surface area contributed by atoms with E-state index in [4.69, 9.17) is 4.74 Å². The molecule has 1 amide bonds. The Kier molecular flexibility index (Phi) is 5.36. The highest BCUT2D eigenvalue weighted by molar-refractivity contribution is 9.10. The Labute approximate surface area is 175 Å². The van der Waals surface area contributed by atoms with Gasteiger partial charge in [0.1, 0.15) is 5.75 Å². The molecule has 1 N–H and O–H groups in total. The van der Waals surface area contributed by atoms with Gasteiger partial charge in [0.25, 0.3) is 5.91 Å². The van der Waals surface area contributed by atoms with Crippen LogP contribution in [0.5, 0.6) is 5.75 Å². The number of hydrogen-bond donors (Lipinski definition) is 1. The Bertz CT molecular complexity index is 1070. The Balaban J connectivity index is 1.58. The molecule has 1 aromatic heterocycles. The topological polar surface area (TPSA) is 55.6 Å². The zero-order chi connectivity index (χ0) is 19.5. The average molecular weight is 454 g/mol. The summed E-state index contributed by atoms with van der Waals surface area (Å²) >= 11 is 4.78. The average Bonchev–Trinajstić information content (AvgIpc) is 3.30. The molecule has 3 aromatic rings. The zero-order valence-electron chi connectivity index (χ0n) is 14.9. The summed E-state index contributed by atoms with van der Waals surface area (Å²) in [7, 11) is 1.62. The molecule has 1 aliphatic rings. The number of nitrogens with one attached hydrogen (secondary N) is 1. The number of carbonyl (C=O) groups excluding carboxylic acids is 1. The van der Waals surface area contributed by atoms with E-state index in [0.717, 1.165) is 27.3 Å². The van der Waals surface area contributed by atoms with Crippen LogP contribution in [-0.4, -0.2) is 22.8 Å². The minimum absolute atomic E-state index is 0.152. The molecular formula is C21H16BrN3O2S. The molecule has 2 heterocycles. The second kappa shape index (κ2) is 8.08. The third kappa shape index (κ3) is 4.05. The summed E-state index contributed by atoms with van der Waals surface area (Å²) in [6.07, 6.45) is 3.85. The Morgan fingerprint density at radius 1 is 1.11 bits per heavy atom. The van der Waals surface area contributed by atoms with Gasteiger partial charge in [0.05, 0.1) is 17.7 Å². The minimum atomic E-state index is -0.152. The lowest BCUT2D eigenvalue weighted by Gasteiger charge is -2.07. The van der Waals surface area contributed by atoms with Gasteiger partial charge in [0, 0.05) is 22.1 Å². The maximum Gasteiger partial charge on any atom is 0.264 e. The van der Waals surface area contributed by atoms with E-state index in [9.17, 15) is 4.79 Å². The quantitative estimate of drug-likeness (QED) is 0.556. The monoisotopic (exact) mass is 453 g/mol. The van der Waals surface area contributed by atoms with Crippen LogP contribution in [0.15, 0.2) is 81.2 Å². The number of methoxy groups -OCH3 is 1. The summed E-state index contributed by atoms with van der Waals surface area (Å²) in [4.78, 5) is 17.5. The highest BCUT2D eigenvalue weighted by Gasteiger charge is 2.24. The standard InChI is InChI=1S/C21H16BrN3O2S/c1-27-18-10-6-15(7-11-18)23-21-24-20(26)19(28-21)13-17-3-2-12-25(17)16-8-4-14(22)5-9-16/h2-13H,1H3,(H,23,24,26)/b19-13-. The van der Waals surface area contributed by atoms with Gasteiger partial charge < -0.3 is 14.6 Å². The fraction of sp³-hybridized carbons (Fsp3) is 0.0476. The lowest BCUT2D eigenvalue weighted by atomic mass is 10.3. The molecule has 0 atom stereocenters. The van der Waals surface area contributed by atoms with Gasteiger partial charge in [-0.15, -0.1) is 0 Å². The summed E-state index contributed by atoms with van der Waals surface area (Å²) in [5, 5.41) is 3.38. The molecule has 0 aliphatic carbocycles. The molecular weight excluding hydrogens is 438 g/mol. The molecule has 4 rings (SSSR count). The first-order valence-corrected chi connectivity index (χ1v) is 10.1. The van der Waals surface area contributed by atoms with Gasteiger partial charge in [-0.25, -0.2) is 4.99 Å². The first-order chi connectivity index (χ1) is 13.6. The van der Waals surface area contributed by atoms with Gasteiger partial charge in [-0.2, -0.15) is 0 Å². The summed E-state index contributed by atoms with van der Waals surface area (Å²) in [5.41, 5.74) is 2.70. The molecule has 0 spiro atoms. The van der Waals surface area contributed by atoms with Gasteiger partial charge in [0.2, 0.25) is 0 Å². The molecule has 0 saturated carbocycles. The fourth-order valence-corrected chi connectivity index (χ4v) is 3.83. The molecule has 1 aliphatic heterocycles. The number of amides is 1. The van der Waals surface area contributed by atoms with Crippen LogP contribution < -0.4 is 10.1 Å². The number of amidine groups is 1. The Hall–Kier alpha value is -2.77. The van der Waals surface area contributed by atoms with Crippen LogP contribution in [0, 0.1) is 0 Å². The van der Waals surface area contributed by atoms with Crippen molar-refractivity contribution in [2.24, 2.45) is 4.99 Å². The van der Waals surface area contributed by atoms with E-state index in [-0.39, 0.29) is 5.91 Å². The molecule has 0 bridgehead atoms. The van der Waals surface area contributed by atoms with Crippen molar-refractivity contribution in [3.8, 4) is 11.4 Å². The first-order valence-electron chi connectivity index (χ1n) is 8.49. The molecule has 140 valence electrons. The lowest BCUT2D eigenvalue weighted by Crippen LogP contribution is -2.19.